The fourth-order valence-corrected chi connectivity index (χ4v) is 1.44. The fraction of sp³-hybridized carbons (Fsp3) is 0.0909. The van der Waals surface area contributed by atoms with Crippen LogP contribution < -0.4 is 5.73 Å². The number of hydrogen-bond donors (Lipinski definition) is 1. The molecular formula is C11H9FN4. The SMILES string of the molecule is N#Cc1ccc(F)cc1Cn1cc(N)cn1. The minimum atomic E-state index is -0.367. The van der Waals surface area contributed by atoms with Gasteiger partial charge in [-0.15, -0.1) is 0 Å². The Bertz CT molecular complexity index is 553. The third kappa shape index (κ3) is 2.01. The zero-order valence-electron chi connectivity index (χ0n) is 8.39. The van der Waals surface area contributed by atoms with Crippen LogP contribution >= 0.6 is 0 Å². The first-order valence-electron chi connectivity index (χ1n) is 4.65. The molecule has 0 bridgehead atoms. The molecule has 80 valence electrons. The van der Waals surface area contributed by atoms with Crippen LogP contribution in [0.15, 0.2) is 30.6 Å². The van der Waals surface area contributed by atoms with E-state index >= 15 is 0 Å². The first kappa shape index (κ1) is 10.2. The number of nitrogens with two attached hydrogens (primary N) is 1. The Morgan fingerprint density at radius 2 is 2.31 bits per heavy atom. The van der Waals surface area contributed by atoms with Crippen LogP contribution in [0.5, 0.6) is 0 Å². The maximum absolute atomic E-state index is 13.0. The topological polar surface area (TPSA) is 67.6 Å². The monoisotopic (exact) mass is 216 g/mol. The molecule has 5 heteroatoms. The quantitative estimate of drug-likeness (QED) is 0.827. The van der Waals surface area contributed by atoms with Crippen LogP contribution in [0.4, 0.5) is 10.1 Å². The Labute approximate surface area is 91.7 Å². The average Bonchev–Trinajstić information content (AvgIpc) is 2.64. The van der Waals surface area contributed by atoms with Gasteiger partial charge in [0.15, 0.2) is 0 Å². The number of aromatic nitrogens is 2. The number of rotatable bonds is 2. The van der Waals surface area contributed by atoms with E-state index in [9.17, 15) is 4.39 Å². The number of anilines is 1. The maximum Gasteiger partial charge on any atom is 0.123 e. The van der Waals surface area contributed by atoms with Crippen molar-refractivity contribution in [3.63, 3.8) is 0 Å². The second kappa shape index (κ2) is 4.03. The molecule has 4 nitrogen and oxygen atoms in total. The van der Waals surface area contributed by atoms with E-state index < -0.39 is 0 Å². The van der Waals surface area contributed by atoms with Gasteiger partial charge in [0, 0.05) is 6.20 Å². The summed E-state index contributed by atoms with van der Waals surface area (Å²) in [6.45, 7) is 0.331. The van der Waals surface area contributed by atoms with Gasteiger partial charge < -0.3 is 5.73 Å². The molecule has 1 aromatic carbocycles. The van der Waals surface area contributed by atoms with E-state index in [1.165, 1.54) is 24.4 Å². The predicted molar refractivity (Wildman–Crippen MR) is 56.9 cm³/mol. The van der Waals surface area contributed by atoms with Crippen molar-refractivity contribution >= 4 is 5.69 Å². The van der Waals surface area contributed by atoms with Crippen molar-refractivity contribution in [3.05, 3.63) is 47.5 Å². The molecule has 0 unspecified atom stereocenters. The van der Waals surface area contributed by atoms with Gasteiger partial charge in [0.25, 0.3) is 0 Å². The largest absolute Gasteiger partial charge is 0.396 e. The molecular weight excluding hydrogens is 207 g/mol. The standard InChI is InChI=1S/C11H9FN4/c12-10-2-1-8(4-13)9(3-10)6-16-7-11(14)5-15-16/h1-3,5,7H,6,14H2. The van der Waals surface area contributed by atoms with Crippen molar-refractivity contribution < 1.29 is 4.39 Å². The Hall–Kier alpha value is -2.35. The number of halogens is 1. The summed E-state index contributed by atoms with van der Waals surface area (Å²) in [6.07, 6.45) is 3.14. The number of nitriles is 1. The van der Waals surface area contributed by atoms with Crippen LogP contribution in [0.25, 0.3) is 0 Å². The fourth-order valence-electron chi connectivity index (χ4n) is 1.44. The minimum Gasteiger partial charge on any atom is -0.396 e. The van der Waals surface area contributed by atoms with Crippen LogP contribution in [0.1, 0.15) is 11.1 Å². The molecule has 2 rings (SSSR count). The molecule has 0 saturated heterocycles. The molecule has 1 aromatic heterocycles. The first-order chi connectivity index (χ1) is 7.69. The molecule has 0 aliphatic rings. The van der Waals surface area contributed by atoms with Gasteiger partial charge in [-0.3, -0.25) is 4.68 Å². The smallest absolute Gasteiger partial charge is 0.123 e. The van der Waals surface area contributed by atoms with Crippen LogP contribution in [-0.4, -0.2) is 9.78 Å². The first-order valence-corrected chi connectivity index (χ1v) is 4.65. The predicted octanol–water partition coefficient (Wildman–Crippen LogP) is 1.52. The lowest BCUT2D eigenvalue weighted by atomic mass is 10.1. The van der Waals surface area contributed by atoms with E-state index in [-0.39, 0.29) is 5.82 Å². The van der Waals surface area contributed by atoms with Crippen LogP contribution in [0, 0.1) is 17.1 Å². The van der Waals surface area contributed by atoms with Crippen molar-refractivity contribution in [3.8, 4) is 6.07 Å². The van der Waals surface area contributed by atoms with Crippen molar-refractivity contribution in [2.75, 3.05) is 5.73 Å². The van der Waals surface area contributed by atoms with Crippen LogP contribution in [-0.2, 0) is 6.54 Å². The molecule has 0 spiro atoms. The summed E-state index contributed by atoms with van der Waals surface area (Å²) in [5.41, 5.74) is 7.08. The molecule has 0 amide bonds. The molecule has 16 heavy (non-hydrogen) atoms. The van der Waals surface area contributed by atoms with Gasteiger partial charge in [0.1, 0.15) is 5.82 Å². The zero-order valence-corrected chi connectivity index (χ0v) is 8.39. The van der Waals surface area contributed by atoms with Crippen molar-refractivity contribution in [1.29, 1.82) is 5.26 Å². The van der Waals surface area contributed by atoms with Crippen molar-refractivity contribution in [2.45, 2.75) is 6.54 Å². The molecule has 0 aliphatic carbocycles. The van der Waals surface area contributed by atoms with Gasteiger partial charge in [0.2, 0.25) is 0 Å². The summed E-state index contributed by atoms with van der Waals surface area (Å²) in [5, 5.41) is 12.8. The third-order valence-electron chi connectivity index (χ3n) is 2.17. The highest BCUT2D eigenvalue weighted by molar-refractivity contribution is 5.38. The lowest BCUT2D eigenvalue weighted by Gasteiger charge is -2.04. The maximum atomic E-state index is 13.0. The average molecular weight is 216 g/mol. The third-order valence-corrected chi connectivity index (χ3v) is 2.17. The van der Waals surface area contributed by atoms with E-state index in [4.69, 9.17) is 11.0 Å². The molecule has 0 saturated carbocycles. The molecule has 2 aromatic rings. The van der Waals surface area contributed by atoms with Gasteiger partial charge in [-0.25, -0.2) is 4.39 Å². The minimum absolute atomic E-state index is 0.331. The Balaban J connectivity index is 2.34. The van der Waals surface area contributed by atoms with Crippen LogP contribution in [0.2, 0.25) is 0 Å². The second-order valence-corrected chi connectivity index (χ2v) is 3.38. The Morgan fingerprint density at radius 3 is 2.94 bits per heavy atom. The molecule has 0 aliphatic heterocycles. The van der Waals surface area contributed by atoms with Crippen molar-refractivity contribution in [1.82, 2.24) is 9.78 Å². The summed E-state index contributed by atoms with van der Waals surface area (Å²) >= 11 is 0. The van der Waals surface area contributed by atoms with Crippen molar-refractivity contribution in [2.24, 2.45) is 0 Å². The normalized spacial score (nSPS) is 10.0. The molecule has 0 fully saturated rings. The number of hydrogen-bond acceptors (Lipinski definition) is 3. The number of nitrogens with zero attached hydrogens (tertiary/aromatic N) is 3. The van der Waals surface area contributed by atoms with E-state index in [1.54, 1.807) is 10.9 Å². The summed E-state index contributed by atoms with van der Waals surface area (Å²) in [7, 11) is 0. The van der Waals surface area contributed by atoms with Gasteiger partial charge >= 0.3 is 0 Å². The second-order valence-electron chi connectivity index (χ2n) is 3.38. The van der Waals surface area contributed by atoms with Gasteiger partial charge in [-0.2, -0.15) is 10.4 Å². The van der Waals surface area contributed by atoms with E-state index in [0.29, 0.717) is 23.4 Å². The Kier molecular flexibility index (Phi) is 2.56. The summed E-state index contributed by atoms with van der Waals surface area (Å²) in [5.74, 6) is -0.367. The van der Waals surface area contributed by atoms with Gasteiger partial charge in [-0.05, 0) is 23.8 Å². The molecule has 2 N–H and O–H groups in total. The highest BCUT2D eigenvalue weighted by atomic mass is 19.1. The summed E-state index contributed by atoms with van der Waals surface area (Å²) < 4.78 is 14.6. The highest BCUT2D eigenvalue weighted by Crippen LogP contribution is 2.12. The van der Waals surface area contributed by atoms with E-state index in [0.717, 1.165) is 0 Å². The van der Waals surface area contributed by atoms with Crippen LogP contribution in [0.3, 0.4) is 0 Å². The number of benzene rings is 1. The summed E-state index contributed by atoms with van der Waals surface area (Å²) in [4.78, 5) is 0. The summed E-state index contributed by atoms with van der Waals surface area (Å²) in [6, 6.07) is 6.06. The number of nitrogen functional groups attached to an aromatic ring is 1. The lowest BCUT2D eigenvalue weighted by molar-refractivity contribution is 0.619. The molecule has 0 atom stereocenters. The Morgan fingerprint density at radius 1 is 1.50 bits per heavy atom. The highest BCUT2D eigenvalue weighted by Gasteiger charge is 2.05. The molecule has 0 radical (unpaired) electrons. The van der Waals surface area contributed by atoms with Gasteiger partial charge in [-0.1, -0.05) is 0 Å². The van der Waals surface area contributed by atoms with Gasteiger partial charge in [0.05, 0.1) is 30.1 Å². The van der Waals surface area contributed by atoms with E-state index in [1.807, 2.05) is 6.07 Å². The zero-order chi connectivity index (χ0) is 11.5. The lowest BCUT2D eigenvalue weighted by Crippen LogP contribution is -2.02. The van der Waals surface area contributed by atoms with E-state index in [2.05, 4.69) is 5.10 Å². The molecule has 1 heterocycles.